The lowest BCUT2D eigenvalue weighted by Gasteiger charge is -2.08. The van der Waals surface area contributed by atoms with Crippen LogP contribution < -0.4 is 0 Å². The third kappa shape index (κ3) is 3.87. The normalized spacial score (nSPS) is 12.2. The van der Waals surface area contributed by atoms with Crippen molar-refractivity contribution in [3.05, 3.63) is 146 Å². The lowest BCUT2D eigenvalue weighted by atomic mass is 10.0. The zero-order valence-corrected chi connectivity index (χ0v) is 29.0. The summed E-state index contributed by atoms with van der Waals surface area (Å²) in [6, 6.07) is 43.4. The zero-order chi connectivity index (χ0) is 33.9. The maximum Gasteiger partial charge on any atom is 0.234 e. The highest BCUT2D eigenvalue weighted by Crippen LogP contribution is 2.44. The molecule has 8 heteroatoms. The molecule has 0 radical (unpaired) electrons. The summed E-state index contributed by atoms with van der Waals surface area (Å²) in [6.07, 6.45) is 7.50. The first-order valence-corrected chi connectivity index (χ1v) is 18.7. The smallest absolute Gasteiger partial charge is 0.234 e. The summed E-state index contributed by atoms with van der Waals surface area (Å²) in [5.41, 5.74) is 6.35. The molecule has 12 aromatic rings. The summed E-state index contributed by atoms with van der Waals surface area (Å²) in [5, 5.41) is 9.87. The molecule has 0 saturated heterocycles. The molecule has 0 aliphatic carbocycles. The van der Waals surface area contributed by atoms with Crippen molar-refractivity contribution in [1.82, 2.24) is 29.1 Å². The van der Waals surface area contributed by atoms with E-state index in [0.29, 0.717) is 11.9 Å². The van der Waals surface area contributed by atoms with Gasteiger partial charge in [0, 0.05) is 92.2 Å². The number of hydrogen-bond acceptors (Lipinski definition) is 6. The van der Waals surface area contributed by atoms with Crippen LogP contribution in [0.1, 0.15) is 0 Å². The van der Waals surface area contributed by atoms with Crippen LogP contribution in [0.4, 0.5) is 0 Å². The Balaban J connectivity index is 1.05. The topological polar surface area (TPSA) is 61.4 Å². The van der Waals surface area contributed by atoms with E-state index in [0.717, 1.165) is 44.0 Å². The molecule has 12 rings (SSSR count). The molecule has 0 fully saturated rings. The Labute approximate surface area is 303 Å². The van der Waals surface area contributed by atoms with Crippen molar-refractivity contribution >= 4 is 107 Å². The fourth-order valence-corrected chi connectivity index (χ4v) is 10.3. The van der Waals surface area contributed by atoms with E-state index in [1.807, 2.05) is 41.1 Å². The van der Waals surface area contributed by atoms with E-state index in [2.05, 4.69) is 134 Å². The van der Waals surface area contributed by atoms with Crippen LogP contribution >= 0.6 is 22.7 Å². The van der Waals surface area contributed by atoms with Gasteiger partial charge in [-0.05, 0) is 66.2 Å². The lowest BCUT2D eigenvalue weighted by molar-refractivity contribution is 0.988. The Bertz CT molecular complexity index is 3410. The van der Waals surface area contributed by atoms with E-state index < -0.39 is 0 Å². The maximum atomic E-state index is 5.02. The maximum absolute atomic E-state index is 5.02. The number of hydrogen-bond donors (Lipinski definition) is 0. The number of nitrogens with zero attached hydrogens (tertiary/aromatic N) is 6. The fourth-order valence-electron chi connectivity index (χ4n) is 8.12. The van der Waals surface area contributed by atoms with Crippen LogP contribution in [0.3, 0.4) is 0 Å². The van der Waals surface area contributed by atoms with Gasteiger partial charge in [0.15, 0.2) is 0 Å². The lowest BCUT2D eigenvalue weighted by Crippen LogP contribution is -2.01. The number of benzene rings is 6. The quantitative estimate of drug-likeness (QED) is 0.184. The molecule has 0 amide bonds. The number of fused-ring (bicyclic) bond motifs is 13. The van der Waals surface area contributed by atoms with Gasteiger partial charge < -0.3 is 0 Å². The second-order valence-electron chi connectivity index (χ2n) is 13.1. The predicted molar refractivity (Wildman–Crippen MR) is 218 cm³/mol. The van der Waals surface area contributed by atoms with Crippen molar-refractivity contribution in [3.63, 3.8) is 0 Å². The minimum Gasteiger partial charge on any atom is -0.278 e. The molecule has 0 bridgehead atoms. The summed E-state index contributed by atoms with van der Waals surface area (Å²) in [7, 11) is 0. The van der Waals surface area contributed by atoms with Crippen molar-refractivity contribution in [3.8, 4) is 23.0 Å². The molecule has 0 N–H and O–H groups in total. The van der Waals surface area contributed by atoms with Gasteiger partial charge in [0.1, 0.15) is 0 Å². The van der Waals surface area contributed by atoms with Crippen molar-refractivity contribution < 1.29 is 0 Å². The highest BCUT2D eigenvalue weighted by molar-refractivity contribution is 7.26. The van der Waals surface area contributed by atoms with Gasteiger partial charge >= 0.3 is 0 Å². The molecule has 0 spiro atoms. The SMILES string of the molecule is c1cnc(-n2c3ccc(-c4cnc(-n5c6ccccc6c6c7c(ccc65)sc5ccccc57)nc4)cc3c3cc4c(cc32)sc2ccccc24)nc1. The fraction of sp³-hybridized carbons (Fsp3) is 0. The van der Waals surface area contributed by atoms with E-state index in [9.17, 15) is 0 Å². The molecule has 6 aromatic heterocycles. The summed E-state index contributed by atoms with van der Waals surface area (Å²) in [5.74, 6) is 1.31. The molecule has 0 unspecified atom stereocenters. The van der Waals surface area contributed by atoms with Crippen LogP contribution in [0.2, 0.25) is 0 Å². The van der Waals surface area contributed by atoms with Gasteiger partial charge in [-0.3, -0.25) is 9.13 Å². The predicted octanol–water partition coefficient (Wildman–Crippen LogP) is 11.9. The molecule has 242 valence electrons. The Morgan fingerprint density at radius 1 is 0.365 bits per heavy atom. The summed E-state index contributed by atoms with van der Waals surface area (Å²) < 4.78 is 9.49. The third-order valence-corrected chi connectivity index (χ3v) is 12.6. The number of thiophene rings is 2. The Morgan fingerprint density at radius 2 is 1.00 bits per heavy atom. The van der Waals surface area contributed by atoms with E-state index in [1.165, 1.54) is 51.1 Å². The van der Waals surface area contributed by atoms with Crippen LogP contribution in [-0.2, 0) is 0 Å². The van der Waals surface area contributed by atoms with Gasteiger partial charge in [0.2, 0.25) is 11.9 Å². The third-order valence-electron chi connectivity index (χ3n) is 10.4. The standard InChI is InChI=1S/C44H24N6S2/c1-4-11-33-28(9-1)41-35(16-17-39-42(41)29-10-3-6-13-38(29)51-39)49(33)44-47-23-26(24-48-44)25-14-15-34-30(20-25)31-21-32-27-8-2-5-12-37(27)52-40(32)22-36(31)50(34)43-45-18-7-19-46-43/h1-24H. The van der Waals surface area contributed by atoms with Crippen molar-refractivity contribution in [2.24, 2.45) is 0 Å². The van der Waals surface area contributed by atoms with Gasteiger partial charge in [-0.2, -0.15) is 0 Å². The first-order chi connectivity index (χ1) is 25.8. The van der Waals surface area contributed by atoms with Gasteiger partial charge in [-0.15, -0.1) is 22.7 Å². The molecular formula is C44H24N6S2. The Hall–Kier alpha value is -6.48. The van der Waals surface area contributed by atoms with Gasteiger partial charge in [-0.25, -0.2) is 19.9 Å². The van der Waals surface area contributed by atoms with Gasteiger partial charge in [0.25, 0.3) is 0 Å². The molecule has 6 aromatic carbocycles. The van der Waals surface area contributed by atoms with Gasteiger partial charge in [-0.1, -0.05) is 60.7 Å². The highest BCUT2D eigenvalue weighted by atomic mass is 32.1. The second-order valence-corrected chi connectivity index (χ2v) is 15.3. The van der Waals surface area contributed by atoms with E-state index >= 15 is 0 Å². The molecule has 0 aliphatic heterocycles. The summed E-state index contributed by atoms with van der Waals surface area (Å²) >= 11 is 3.66. The van der Waals surface area contributed by atoms with Gasteiger partial charge in [0.05, 0.1) is 22.1 Å². The van der Waals surface area contributed by atoms with E-state index in [1.54, 1.807) is 12.4 Å². The summed E-state index contributed by atoms with van der Waals surface area (Å²) in [4.78, 5) is 19.4. The van der Waals surface area contributed by atoms with E-state index in [-0.39, 0.29) is 0 Å². The molecule has 0 aliphatic rings. The van der Waals surface area contributed by atoms with Crippen molar-refractivity contribution in [2.45, 2.75) is 0 Å². The Morgan fingerprint density at radius 3 is 1.85 bits per heavy atom. The van der Waals surface area contributed by atoms with Crippen LogP contribution in [0.15, 0.2) is 146 Å². The average molecular weight is 701 g/mol. The molecule has 0 saturated carbocycles. The minimum atomic E-state index is 0.652. The first-order valence-electron chi connectivity index (χ1n) is 17.1. The number of rotatable bonds is 3. The number of aromatic nitrogens is 6. The zero-order valence-electron chi connectivity index (χ0n) is 27.4. The molecule has 0 atom stereocenters. The molecule has 52 heavy (non-hydrogen) atoms. The number of para-hydroxylation sites is 1. The van der Waals surface area contributed by atoms with Crippen molar-refractivity contribution in [2.75, 3.05) is 0 Å². The van der Waals surface area contributed by atoms with E-state index in [4.69, 9.17) is 9.97 Å². The first kappa shape index (κ1) is 28.2. The van der Waals surface area contributed by atoms with Crippen LogP contribution in [0.5, 0.6) is 0 Å². The summed E-state index contributed by atoms with van der Waals surface area (Å²) in [6.45, 7) is 0. The average Bonchev–Trinajstić information content (AvgIpc) is 3.94. The second kappa shape index (κ2) is 10.5. The Kier molecular flexibility index (Phi) is 5.71. The van der Waals surface area contributed by atoms with Crippen molar-refractivity contribution in [1.29, 1.82) is 0 Å². The minimum absolute atomic E-state index is 0.652. The monoisotopic (exact) mass is 700 g/mol. The highest BCUT2D eigenvalue weighted by Gasteiger charge is 2.20. The van der Waals surface area contributed by atoms with Crippen LogP contribution in [0.25, 0.3) is 107 Å². The van der Waals surface area contributed by atoms with Crippen LogP contribution in [-0.4, -0.2) is 29.1 Å². The largest absolute Gasteiger partial charge is 0.278 e. The van der Waals surface area contributed by atoms with Crippen LogP contribution in [0, 0.1) is 0 Å². The molecule has 6 heterocycles. The molecular weight excluding hydrogens is 677 g/mol. The molecule has 6 nitrogen and oxygen atoms in total.